The number of nitrogens with zero attached hydrogens (tertiary/aromatic N) is 1. The van der Waals surface area contributed by atoms with E-state index in [-0.39, 0.29) is 5.41 Å². The van der Waals surface area contributed by atoms with Crippen molar-refractivity contribution in [3.05, 3.63) is 42.3 Å². The van der Waals surface area contributed by atoms with Gasteiger partial charge < -0.3 is 4.42 Å². The van der Waals surface area contributed by atoms with Gasteiger partial charge in [-0.25, -0.2) is 4.98 Å². The fraction of sp³-hybridized carbons (Fsp3) is 0.400. The highest BCUT2D eigenvalue weighted by Gasteiger charge is 2.29. The van der Waals surface area contributed by atoms with E-state index >= 15 is 0 Å². The van der Waals surface area contributed by atoms with Crippen LogP contribution in [-0.4, -0.2) is 4.98 Å². The van der Waals surface area contributed by atoms with Gasteiger partial charge in [-0.15, -0.1) is 0 Å². The van der Waals surface area contributed by atoms with E-state index in [2.05, 4.69) is 32.7 Å². The zero-order valence-corrected chi connectivity index (χ0v) is 10.9. The summed E-state index contributed by atoms with van der Waals surface area (Å²) in [6.07, 6.45) is 1.85. The van der Waals surface area contributed by atoms with E-state index in [4.69, 9.17) is 4.42 Å². The molecule has 1 aromatic carbocycles. The molecule has 0 fully saturated rings. The van der Waals surface area contributed by atoms with Crippen molar-refractivity contribution in [2.75, 3.05) is 0 Å². The van der Waals surface area contributed by atoms with Crippen LogP contribution in [0.25, 0.3) is 11.5 Å². The van der Waals surface area contributed by atoms with Gasteiger partial charge in [-0.2, -0.15) is 0 Å². The molecule has 17 heavy (non-hydrogen) atoms. The maximum Gasteiger partial charge on any atom is 0.226 e. The van der Waals surface area contributed by atoms with Crippen molar-refractivity contribution >= 4 is 0 Å². The number of oxazole rings is 1. The maximum absolute atomic E-state index is 5.88. The summed E-state index contributed by atoms with van der Waals surface area (Å²) in [5.41, 5.74) is 1.04. The van der Waals surface area contributed by atoms with Gasteiger partial charge in [-0.1, -0.05) is 45.9 Å². The lowest BCUT2D eigenvalue weighted by molar-refractivity contribution is 0.303. The Morgan fingerprint density at radius 2 is 1.76 bits per heavy atom. The first kappa shape index (κ1) is 11.9. The summed E-state index contributed by atoms with van der Waals surface area (Å²) in [5.74, 6) is 2.17. The fourth-order valence-electron chi connectivity index (χ4n) is 1.57. The second kappa shape index (κ2) is 4.36. The molecule has 0 bridgehead atoms. The van der Waals surface area contributed by atoms with Gasteiger partial charge in [0.1, 0.15) is 5.76 Å². The van der Waals surface area contributed by atoms with Crippen molar-refractivity contribution in [2.24, 2.45) is 5.92 Å². The second-order valence-electron chi connectivity index (χ2n) is 5.27. The summed E-state index contributed by atoms with van der Waals surface area (Å²) in [4.78, 5) is 4.37. The van der Waals surface area contributed by atoms with Crippen LogP contribution in [0.2, 0.25) is 0 Å². The summed E-state index contributed by atoms with van der Waals surface area (Å²) in [7, 11) is 0. The number of hydrogen-bond donors (Lipinski definition) is 0. The van der Waals surface area contributed by atoms with Gasteiger partial charge in [0.2, 0.25) is 5.89 Å². The highest BCUT2D eigenvalue weighted by molar-refractivity contribution is 5.52. The van der Waals surface area contributed by atoms with Crippen LogP contribution in [0.3, 0.4) is 0 Å². The van der Waals surface area contributed by atoms with Crippen LogP contribution in [0.1, 0.15) is 33.5 Å². The minimum atomic E-state index is 0.0139. The molecule has 2 heteroatoms. The van der Waals surface area contributed by atoms with Gasteiger partial charge in [0.15, 0.2) is 0 Å². The Bertz CT molecular complexity index is 483. The first-order chi connectivity index (χ1) is 8.01. The van der Waals surface area contributed by atoms with E-state index in [1.54, 1.807) is 0 Å². The lowest BCUT2D eigenvalue weighted by Crippen LogP contribution is -2.23. The van der Waals surface area contributed by atoms with E-state index < -0.39 is 0 Å². The number of hydrogen-bond acceptors (Lipinski definition) is 2. The van der Waals surface area contributed by atoms with E-state index in [0.29, 0.717) is 11.8 Å². The van der Waals surface area contributed by atoms with Crippen LogP contribution in [0, 0.1) is 5.92 Å². The predicted octanol–water partition coefficient (Wildman–Crippen LogP) is 4.28. The Hall–Kier alpha value is -1.57. The Morgan fingerprint density at radius 3 is 2.35 bits per heavy atom. The average molecular weight is 229 g/mol. The van der Waals surface area contributed by atoms with Crippen LogP contribution in [0.15, 0.2) is 40.9 Å². The Labute approximate surface area is 103 Å². The minimum absolute atomic E-state index is 0.0139. The molecule has 0 saturated heterocycles. The van der Waals surface area contributed by atoms with Crippen LogP contribution >= 0.6 is 0 Å². The summed E-state index contributed by atoms with van der Waals surface area (Å²) in [6, 6.07) is 10.0. The lowest BCUT2D eigenvalue weighted by Gasteiger charge is -2.25. The number of aromatic nitrogens is 1. The van der Waals surface area contributed by atoms with Crippen molar-refractivity contribution in [3.8, 4) is 11.5 Å². The van der Waals surface area contributed by atoms with Crippen LogP contribution in [0.5, 0.6) is 0 Å². The summed E-state index contributed by atoms with van der Waals surface area (Å²) < 4.78 is 5.88. The third-order valence-electron chi connectivity index (χ3n) is 3.60. The topological polar surface area (TPSA) is 26.0 Å². The van der Waals surface area contributed by atoms with Crippen molar-refractivity contribution in [1.29, 1.82) is 0 Å². The molecule has 2 rings (SSSR count). The lowest BCUT2D eigenvalue weighted by atomic mass is 9.79. The van der Waals surface area contributed by atoms with E-state index in [0.717, 1.165) is 11.3 Å². The Morgan fingerprint density at radius 1 is 1.12 bits per heavy atom. The molecule has 0 saturated carbocycles. The molecule has 1 heterocycles. The van der Waals surface area contributed by atoms with E-state index in [1.165, 1.54) is 0 Å². The van der Waals surface area contributed by atoms with Crippen molar-refractivity contribution in [1.82, 2.24) is 4.98 Å². The third kappa shape index (κ3) is 2.26. The van der Waals surface area contributed by atoms with Crippen molar-refractivity contribution < 1.29 is 4.42 Å². The molecule has 0 atom stereocenters. The highest BCUT2D eigenvalue weighted by atomic mass is 16.4. The summed E-state index contributed by atoms with van der Waals surface area (Å²) in [5, 5.41) is 0. The van der Waals surface area contributed by atoms with Crippen molar-refractivity contribution in [2.45, 2.75) is 33.1 Å². The molecular weight excluding hydrogens is 210 g/mol. The molecule has 0 radical (unpaired) electrons. The van der Waals surface area contributed by atoms with Gasteiger partial charge >= 0.3 is 0 Å². The molecule has 2 aromatic rings. The molecule has 0 amide bonds. The Balaban J connectivity index is 2.35. The Kier molecular flexibility index (Phi) is 3.05. The molecule has 0 aliphatic heterocycles. The monoisotopic (exact) mass is 229 g/mol. The molecular formula is C15H19NO. The van der Waals surface area contributed by atoms with Crippen LogP contribution in [-0.2, 0) is 5.41 Å². The van der Waals surface area contributed by atoms with Gasteiger partial charge in [-0.05, 0) is 18.1 Å². The standard InChI is InChI=1S/C15H19NO/c1-11(2)15(3,4)13-10-16-14(17-13)12-8-6-5-7-9-12/h5-11H,1-4H3. The quantitative estimate of drug-likeness (QED) is 0.785. The smallest absolute Gasteiger partial charge is 0.226 e. The number of benzene rings is 1. The van der Waals surface area contributed by atoms with E-state index in [9.17, 15) is 0 Å². The average Bonchev–Trinajstić information content (AvgIpc) is 2.80. The number of rotatable bonds is 3. The fourth-order valence-corrected chi connectivity index (χ4v) is 1.57. The molecule has 2 nitrogen and oxygen atoms in total. The van der Waals surface area contributed by atoms with Crippen molar-refractivity contribution in [3.63, 3.8) is 0 Å². The zero-order chi connectivity index (χ0) is 12.5. The first-order valence-electron chi connectivity index (χ1n) is 6.03. The van der Waals surface area contributed by atoms with E-state index in [1.807, 2.05) is 36.5 Å². The molecule has 0 spiro atoms. The normalized spacial score (nSPS) is 12.1. The molecule has 0 aliphatic rings. The first-order valence-corrected chi connectivity index (χ1v) is 6.03. The highest BCUT2D eigenvalue weighted by Crippen LogP contribution is 2.33. The van der Waals surface area contributed by atoms with Crippen LogP contribution < -0.4 is 0 Å². The second-order valence-corrected chi connectivity index (χ2v) is 5.27. The molecule has 90 valence electrons. The zero-order valence-electron chi connectivity index (χ0n) is 10.9. The SMILES string of the molecule is CC(C)C(C)(C)c1cnc(-c2ccccc2)o1. The largest absolute Gasteiger partial charge is 0.441 e. The summed E-state index contributed by atoms with van der Waals surface area (Å²) >= 11 is 0. The predicted molar refractivity (Wildman–Crippen MR) is 69.8 cm³/mol. The molecule has 0 N–H and O–H groups in total. The summed E-state index contributed by atoms with van der Waals surface area (Å²) in [6.45, 7) is 8.77. The molecule has 0 unspecified atom stereocenters. The molecule has 1 aromatic heterocycles. The third-order valence-corrected chi connectivity index (χ3v) is 3.60. The maximum atomic E-state index is 5.88. The van der Waals surface area contributed by atoms with Gasteiger partial charge in [0.25, 0.3) is 0 Å². The van der Waals surface area contributed by atoms with Crippen LogP contribution in [0.4, 0.5) is 0 Å². The minimum Gasteiger partial charge on any atom is -0.441 e. The van der Waals surface area contributed by atoms with Gasteiger partial charge in [-0.3, -0.25) is 0 Å². The van der Waals surface area contributed by atoms with Gasteiger partial charge in [0, 0.05) is 11.0 Å². The van der Waals surface area contributed by atoms with Gasteiger partial charge in [0.05, 0.1) is 6.20 Å². The molecule has 0 aliphatic carbocycles.